The standard InChI is InChI=1S/C15H9F3N2O4.C13H7ClF3NO3/c16-15(17,18)12-5-1-10(2-6-12)14(9-19(21)22)11-3-7-13(8-4-11)20(23)24;14-11-7-8(13(15,16)17)1-6-12(11)21-10-4-2-9(3-5-10)18(19)20/h1-9H;1-7H. The van der Waals surface area contributed by atoms with E-state index in [1.807, 2.05) is 0 Å². The van der Waals surface area contributed by atoms with Crippen LogP contribution in [-0.4, -0.2) is 14.8 Å². The van der Waals surface area contributed by atoms with Gasteiger partial charge in [-0.25, -0.2) is 0 Å². The van der Waals surface area contributed by atoms with Crippen molar-refractivity contribution in [1.29, 1.82) is 0 Å². The lowest BCUT2D eigenvalue weighted by atomic mass is 9.97. The van der Waals surface area contributed by atoms with Crippen LogP contribution < -0.4 is 4.74 Å². The minimum Gasteiger partial charge on any atom is -0.456 e. The molecule has 0 amide bonds. The first-order chi connectivity index (χ1) is 21.0. The zero-order valence-corrected chi connectivity index (χ0v) is 22.8. The van der Waals surface area contributed by atoms with Crippen molar-refractivity contribution in [2.24, 2.45) is 0 Å². The quantitative estimate of drug-likeness (QED) is 0.110. The molecule has 0 unspecified atom stereocenters. The number of rotatable bonds is 7. The van der Waals surface area contributed by atoms with Crippen molar-refractivity contribution in [2.75, 3.05) is 0 Å². The van der Waals surface area contributed by atoms with E-state index in [0.29, 0.717) is 6.20 Å². The van der Waals surface area contributed by atoms with E-state index in [9.17, 15) is 56.7 Å². The number of nitro benzene ring substituents is 2. The van der Waals surface area contributed by atoms with Crippen LogP contribution in [-0.2, 0) is 12.4 Å². The van der Waals surface area contributed by atoms with E-state index >= 15 is 0 Å². The molecule has 0 aliphatic heterocycles. The van der Waals surface area contributed by atoms with Crippen LogP contribution in [0.2, 0.25) is 5.02 Å². The monoisotopic (exact) mass is 655 g/mol. The Balaban J connectivity index is 0.000000248. The molecule has 0 heterocycles. The van der Waals surface area contributed by atoms with Crippen molar-refractivity contribution >= 4 is 28.5 Å². The van der Waals surface area contributed by atoms with E-state index in [2.05, 4.69) is 0 Å². The molecule has 45 heavy (non-hydrogen) atoms. The molecule has 4 rings (SSSR count). The van der Waals surface area contributed by atoms with Crippen molar-refractivity contribution in [2.45, 2.75) is 12.4 Å². The van der Waals surface area contributed by atoms with E-state index in [-0.39, 0.29) is 44.6 Å². The lowest BCUT2D eigenvalue weighted by Crippen LogP contribution is -2.04. The second-order valence-corrected chi connectivity index (χ2v) is 9.11. The fourth-order valence-corrected chi connectivity index (χ4v) is 3.76. The highest BCUT2D eigenvalue weighted by Gasteiger charge is 2.31. The van der Waals surface area contributed by atoms with E-state index < -0.39 is 38.2 Å². The maximum absolute atomic E-state index is 12.6. The summed E-state index contributed by atoms with van der Waals surface area (Å²) in [5.41, 5.74) is -1.58. The van der Waals surface area contributed by atoms with Crippen molar-refractivity contribution in [3.05, 3.63) is 155 Å². The fourth-order valence-electron chi connectivity index (χ4n) is 3.55. The number of hydrogen-bond acceptors (Lipinski definition) is 7. The third kappa shape index (κ3) is 9.49. The lowest BCUT2D eigenvalue weighted by molar-refractivity contribution is -0.401. The lowest BCUT2D eigenvalue weighted by Gasteiger charge is -2.11. The SMILES string of the molecule is O=[N+]([O-])C=C(c1ccc([N+](=O)[O-])cc1)c1ccc(C(F)(F)F)cc1.O=[N+]([O-])c1ccc(Oc2ccc(C(F)(F)F)cc2Cl)cc1. The van der Waals surface area contributed by atoms with Gasteiger partial charge in [0.05, 0.1) is 36.5 Å². The average Bonchev–Trinajstić information content (AvgIpc) is 2.96. The molecular weight excluding hydrogens is 640 g/mol. The van der Waals surface area contributed by atoms with Crippen LogP contribution in [0.4, 0.5) is 37.7 Å². The highest BCUT2D eigenvalue weighted by atomic mass is 35.5. The zero-order chi connectivity index (χ0) is 33.5. The molecule has 10 nitrogen and oxygen atoms in total. The summed E-state index contributed by atoms with van der Waals surface area (Å²) in [7, 11) is 0. The van der Waals surface area contributed by atoms with Crippen molar-refractivity contribution in [3.8, 4) is 11.5 Å². The summed E-state index contributed by atoms with van der Waals surface area (Å²) in [5.74, 6) is 0.251. The molecule has 0 aliphatic carbocycles. The number of alkyl halides is 6. The average molecular weight is 656 g/mol. The summed E-state index contributed by atoms with van der Waals surface area (Å²) in [6.07, 6.45) is -8.36. The summed E-state index contributed by atoms with van der Waals surface area (Å²) < 4.78 is 80.5. The summed E-state index contributed by atoms with van der Waals surface area (Å²) in [4.78, 5) is 30.0. The summed E-state index contributed by atoms with van der Waals surface area (Å²) in [5, 5.41) is 31.7. The number of benzene rings is 4. The van der Waals surface area contributed by atoms with E-state index in [1.54, 1.807) is 0 Å². The Bertz CT molecular complexity index is 1730. The van der Waals surface area contributed by atoms with Gasteiger partial charge in [0.1, 0.15) is 11.5 Å². The largest absolute Gasteiger partial charge is 0.456 e. The molecule has 0 spiro atoms. The highest BCUT2D eigenvalue weighted by molar-refractivity contribution is 6.32. The van der Waals surface area contributed by atoms with Gasteiger partial charge in [-0.3, -0.25) is 30.3 Å². The molecule has 0 bridgehead atoms. The summed E-state index contributed by atoms with van der Waals surface area (Å²) in [6, 6.07) is 16.5. The van der Waals surface area contributed by atoms with E-state index in [4.69, 9.17) is 16.3 Å². The molecule has 0 fully saturated rings. The number of ether oxygens (including phenoxy) is 1. The third-order valence-corrected chi connectivity index (χ3v) is 5.98. The molecule has 0 aromatic heterocycles. The topological polar surface area (TPSA) is 139 Å². The van der Waals surface area contributed by atoms with Crippen LogP contribution in [0.3, 0.4) is 0 Å². The van der Waals surface area contributed by atoms with E-state index in [1.165, 1.54) is 36.4 Å². The molecule has 4 aromatic rings. The summed E-state index contributed by atoms with van der Waals surface area (Å²) in [6.45, 7) is 0. The van der Waals surface area contributed by atoms with Gasteiger partial charge in [-0.1, -0.05) is 23.7 Å². The smallest absolute Gasteiger partial charge is 0.416 e. The molecule has 0 saturated carbocycles. The van der Waals surface area contributed by atoms with Crippen LogP contribution in [0.5, 0.6) is 11.5 Å². The predicted octanol–water partition coefficient (Wildman–Crippen LogP) is 9.34. The molecule has 0 atom stereocenters. The van der Waals surface area contributed by atoms with Gasteiger partial charge in [-0.15, -0.1) is 0 Å². The van der Waals surface area contributed by atoms with E-state index in [0.717, 1.165) is 54.6 Å². The van der Waals surface area contributed by atoms with Crippen molar-refractivity contribution in [1.82, 2.24) is 0 Å². The Morgan fingerprint density at radius 1 is 0.644 bits per heavy atom. The van der Waals surface area contributed by atoms with Gasteiger partial charge in [-0.2, -0.15) is 26.3 Å². The molecule has 0 saturated heterocycles. The van der Waals surface area contributed by atoms with Crippen LogP contribution >= 0.6 is 11.6 Å². The first-order valence-electron chi connectivity index (χ1n) is 12.0. The van der Waals surface area contributed by atoms with Gasteiger partial charge in [0.25, 0.3) is 11.4 Å². The molecule has 0 N–H and O–H groups in total. The van der Waals surface area contributed by atoms with Gasteiger partial charge in [0.15, 0.2) is 0 Å². The van der Waals surface area contributed by atoms with Crippen LogP contribution in [0.15, 0.2) is 97.2 Å². The number of halogens is 7. The number of hydrogen-bond donors (Lipinski definition) is 0. The molecule has 0 aliphatic rings. The molecular formula is C28H16ClF6N3O7. The molecule has 234 valence electrons. The summed E-state index contributed by atoms with van der Waals surface area (Å²) >= 11 is 5.73. The highest BCUT2D eigenvalue weighted by Crippen LogP contribution is 2.37. The first kappa shape index (κ1) is 34.0. The second kappa shape index (κ2) is 13.9. The fraction of sp³-hybridized carbons (Fsp3) is 0.0714. The molecule has 0 radical (unpaired) electrons. The maximum atomic E-state index is 12.6. The molecule has 17 heteroatoms. The van der Waals surface area contributed by atoms with Crippen molar-refractivity contribution < 1.29 is 45.8 Å². The number of non-ortho nitro benzene ring substituents is 2. The normalized spacial score (nSPS) is 11.7. The van der Waals surface area contributed by atoms with Gasteiger partial charge >= 0.3 is 12.4 Å². The van der Waals surface area contributed by atoms with Gasteiger partial charge < -0.3 is 4.74 Å². The first-order valence-corrected chi connectivity index (χ1v) is 12.4. The van der Waals surface area contributed by atoms with Crippen LogP contribution in [0.25, 0.3) is 5.57 Å². The zero-order valence-electron chi connectivity index (χ0n) is 22.1. The minimum absolute atomic E-state index is 0.0264. The number of nitrogens with zero attached hydrogens (tertiary/aromatic N) is 3. The number of nitro groups is 3. The van der Waals surface area contributed by atoms with Gasteiger partial charge in [-0.05, 0) is 65.7 Å². The second-order valence-electron chi connectivity index (χ2n) is 8.70. The van der Waals surface area contributed by atoms with Gasteiger partial charge in [0.2, 0.25) is 6.20 Å². The predicted molar refractivity (Wildman–Crippen MR) is 148 cm³/mol. The Morgan fingerprint density at radius 3 is 1.47 bits per heavy atom. The minimum atomic E-state index is -4.52. The third-order valence-electron chi connectivity index (χ3n) is 5.68. The van der Waals surface area contributed by atoms with Crippen molar-refractivity contribution in [3.63, 3.8) is 0 Å². The Labute approximate surface area is 253 Å². The Hall–Kier alpha value is -5.51. The van der Waals surface area contributed by atoms with Crippen LogP contribution in [0.1, 0.15) is 22.3 Å². The maximum Gasteiger partial charge on any atom is 0.416 e. The Kier molecular flexibility index (Phi) is 10.5. The Morgan fingerprint density at radius 2 is 1.07 bits per heavy atom. The van der Waals surface area contributed by atoms with Gasteiger partial charge in [0, 0.05) is 24.3 Å². The molecule has 4 aromatic carbocycles. The van der Waals surface area contributed by atoms with Crippen LogP contribution in [0, 0.1) is 30.3 Å².